The Morgan fingerprint density at radius 1 is 1.32 bits per heavy atom. The highest BCUT2D eigenvalue weighted by molar-refractivity contribution is 5.94. The summed E-state index contributed by atoms with van der Waals surface area (Å²) in [5, 5.41) is 11.5. The van der Waals surface area contributed by atoms with Crippen molar-refractivity contribution in [2.24, 2.45) is 0 Å². The van der Waals surface area contributed by atoms with E-state index in [1.165, 1.54) is 0 Å². The van der Waals surface area contributed by atoms with Crippen molar-refractivity contribution in [2.45, 2.75) is 26.5 Å². The van der Waals surface area contributed by atoms with Crippen LogP contribution in [0.1, 0.15) is 19.4 Å². The number of rotatable bonds is 5. The molecule has 0 amide bonds. The molecule has 3 nitrogen and oxygen atoms in total. The highest BCUT2D eigenvalue weighted by Gasteiger charge is 2.15. The lowest BCUT2D eigenvalue weighted by molar-refractivity contribution is 0.283. The molecule has 0 radical (unpaired) electrons. The van der Waals surface area contributed by atoms with E-state index >= 15 is 0 Å². The normalized spacial score (nSPS) is 10.9. The van der Waals surface area contributed by atoms with Crippen LogP contribution in [-0.2, 0) is 6.61 Å². The number of benzene rings is 1. The van der Waals surface area contributed by atoms with Crippen LogP contribution in [0.3, 0.4) is 0 Å². The number of aliphatic hydroxyl groups is 1. The maximum absolute atomic E-state index is 9.41. The Kier molecular flexibility index (Phi) is 4.17. The monoisotopic (exact) mass is 256 g/mol. The predicted molar refractivity (Wildman–Crippen MR) is 80.3 cm³/mol. The van der Waals surface area contributed by atoms with Crippen LogP contribution < -0.4 is 4.90 Å². The predicted octanol–water partition coefficient (Wildman–Crippen LogP) is 3.13. The number of fused-ring (bicyclic) bond motifs is 1. The van der Waals surface area contributed by atoms with Crippen LogP contribution >= 0.6 is 0 Å². The minimum atomic E-state index is 0.0108. The van der Waals surface area contributed by atoms with E-state index in [1.807, 2.05) is 24.3 Å². The molecule has 0 spiro atoms. The van der Waals surface area contributed by atoms with Gasteiger partial charge in [0.2, 0.25) is 0 Å². The molecule has 1 N–H and O–H groups in total. The van der Waals surface area contributed by atoms with E-state index in [9.17, 15) is 5.11 Å². The van der Waals surface area contributed by atoms with E-state index < -0.39 is 0 Å². The first-order chi connectivity index (χ1) is 9.19. The van der Waals surface area contributed by atoms with Gasteiger partial charge in [0.05, 0.1) is 6.61 Å². The summed E-state index contributed by atoms with van der Waals surface area (Å²) in [6.45, 7) is 8.86. The molecule has 2 rings (SSSR count). The first-order valence-electron chi connectivity index (χ1n) is 6.54. The van der Waals surface area contributed by atoms with Crippen molar-refractivity contribution in [1.82, 2.24) is 4.98 Å². The molecule has 0 fully saturated rings. The van der Waals surface area contributed by atoms with Crippen LogP contribution in [0, 0.1) is 0 Å². The van der Waals surface area contributed by atoms with Gasteiger partial charge in [-0.2, -0.15) is 0 Å². The molecule has 1 aromatic heterocycles. The van der Waals surface area contributed by atoms with Crippen LogP contribution in [0.5, 0.6) is 0 Å². The van der Waals surface area contributed by atoms with Gasteiger partial charge in [0, 0.05) is 29.7 Å². The van der Waals surface area contributed by atoms with E-state index in [2.05, 4.69) is 36.4 Å². The Morgan fingerprint density at radius 2 is 2.00 bits per heavy atom. The molecule has 0 aliphatic heterocycles. The van der Waals surface area contributed by atoms with Crippen molar-refractivity contribution in [2.75, 3.05) is 11.4 Å². The lowest BCUT2D eigenvalue weighted by atomic mass is 10.1. The third-order valence-corrected chi connectivity index (χ3v) is 3.25. The second kappa shape index (κ2) is 5.85. The molecular formula is C16H20N2O. The van der Waals surface area contributed by atoms with E-state index in [1.54, 1.807) is 6.20 Å². The number of hydrogen-bond acceptors (Lipinski definition) is 3. The van der Waals surface area contributed by atoms with Gasteiger partial charge in [-0.05, 0) is 19.2 Å². The molecule has 19 heavy (non-hydrogen) atoms. The molecule has 1 aromatic carbocycles. The number of aliphatic hydroxyl groups excluding tert-OH is 1. The Hall–Kier alpha value is -1.87. The second-order valence-electron chi connectivity index (χ2n) is 4.85. The van der Waals surface area contributed by atoms with E-state index in [0.29, 0.717) is 6.04 Å². The average molecular weight is 256 g/mol. The van der Waals surface area contributed by atoms with Crippen LogP contribution in [0.4, 0.5) is 5.82 Å². The van der Waals surface area contributed by atoms with E-state index in [4.69, 9.17) is 0 Å². The van der Waals surface area contributed by atoms with Gasteiger partial charge in [-0.3, -0.25) is 0 Å². The summed E-state index contributed by atoms with van der Waals surface area (Å²) in [6, 6.07) is 8.40. The van der Waals surface area contributed by atoms with Crippen LogP contribution in [-0.4, -0.2) is 22.7 Å². The van der Waals surface area contributed by atoms with Gasteiger partial charge in [-0.15, -0.1) is 6.58 Å². The SMILES string of the molecule is C=CCN(c1ncc(CO)c2ccccc12)C(C)C. The molecule has 3 heteroatoms. The number of pyridine rings is 1. The average Bonchev–Trinajstić information content (AvgIpc) is 2.43. The Labute approximate surface area is 114 Å². The van der Waals surface area contributed by atoms with Gasteiger partial charge in [-0.25, -0.2) is 4.98 Å². The molecule has 2 aromatic rings. The van der Waals surface area contributed by atoms with Crippen LogP contribution in [0.25, 0.3) is 10.8 Å². The highest BCUT2D eigenvalue weighted by Crippen LogP contribution is 2.28. The van der Waals surface area contributed by atoms with Gasteiger partial charge in [-0.1, -0.05) is 30.3 Å². The fraction of sp³-hybridized carbons (Fsp3) is 0.312. The molecule has 100 valence electrons. The van der Waals surface area contributed by atoms with Gasteiger partial charge >= 0.3 is 0 Å². The minimum Gasteiger partial charge on any atom is -0.392 e. The number of nitrogens with zero attached hydrogens (tertiary/aromatic N) is 2. The smallest absolute Gasteiger partial charge is 0.136 e. The molecule has 0 aliphatic rings. The Morgan fingerprint density at radius 3 is 2.58 bits per heavy atom. The summed E-state index contributed by atoms with van der Waals surface area (Å²) in [7, 11) is 0. The van der Waals surface area contributed by atoms with Crippen molar-refractivity contribution in [3.8, 4) is 0 Å². The topological polar surface area (TPSA) is 36.4 Å². The van der Waals surface area contributed by atoms with Gasteiger partial charge in [0.15, 0.2) is 0 Å². The van der Waals surface area contributed by atoms with Crippen molar-refractivity contribution >= 4 is 16.6 Å². The fourth-order valence-corrected chi connectivity index (χ4v) is 2.27. The van der Waals surface area contributed by atoms with Crippen molar-refractivity contribution < 1.29 is 5.11 Å². The zero-order chi connectivity index (χ0) is 13.8. The third-order valence-electron chi connectivity index (χ3n) is 3.25. The van der Waals surface area contributed by atoms with Crippen LogP contribution in [0.15, 0.2) is 43.1 Å². The summed E-state index contributed by atoms with van der Waals surface area (Å²) in [6.07, 6.45) is 3.65. The highest BCUT2D eigenvalue weighted by atomic mass is 16.3. The standard InChI is InChI=1S/C16H20N2O/c1-4-9-18(12(2)3)16-15-8-6-5-7-14(15)13(11-19)10-17-16/h4-8,10,12,19H,1,9,11H2,2-3H3. The largest absolute Gasteiger partial charge is 0.392 e. The molecule has 0 saturated heterocycles. The van der Waals surface area contributed by atoms with E-state index in [-0.39, 0.29) is 6.61 Å². The zero-order valence-electron chi connectivity index (χ0n) is 11.5. The van der Waals surface area contributed by atoms with E-state index in [0.717, 1.165) is 28.7 Å². The lowest BCUT2D eigenvalue weighted by Gasteiger charge is -2.28. The first-order valence-corrected chi connectivity index (χ1v) is 6.54. The summed E-state index contributed by atoms with van der Waals surface area (Å²) in [5.74, 6) is 0.947. The quantitative estimate of drug-likeness (QED) is 0.835. The van der Waals surface area contributed by atoms with Crippen LogP contribution in [0.2, 0.25) is 0 Å². The molecule has 1 heterocycles. The number of anilines is 1. The zero-order valence-corrected chi connectivity index (χ0v) is 11.5. The van der Waals surface area contributed by atoms with Gasteiger partial charge in [0.1, 0.15) is 5.82 Å². The fourth-order valence-electron chi connectivity index (χ4n) is 2.27. The van der Waals surface area contributed by atoms with Gasteiger partial charge < -0.3 is 10.0 Å². The molecule has 0 saturated carbocycles. The van der Waals surface area contributed by atoms with Crippen molar-refractivity contribution in [3.63, 3.8) is 0 Å². The lowest BCUT2D eigenvalue weighted by Crippen LogP contribution is -2.31. The molecule has 0 atom stereocenters. The number of hydrogen-bond donors (Lipinski definition) is 1. The summed E-state index contributed by atoms with van der Waals surface area (Å²) >= 11 is 0. The maximum atomic E-state index is 9.41. The minimum absolute atomic E-state index is 0.0108. The summed E-state index contributed by atoms with van der Waals surface area (Å²) in [5.41, 5.74) is 0.863. The maximum Gasteiger partial charge on any atom is 0.136 e. The first kappa shape index (κ1) is 13.6. The second-order valence-corrected chi connectivity index (χ2v) is 4.85. The molecule has 0 bridgehead atoms. The molecular weight excluding hydrogens is 236 g/mol. The molecule has 0 unspecified atom stereocenters. The third kappa shape index (κ3) is 2.61. The summed E-state index contributed by atoms with van der Waals surface area (Å²) in [4.78, 5) is 6.74. The van der Waals surface area contributed by atoms with Gasteiger partial charge in [0.25, 0.3) is 0 Å². The Balaban J connectivity index is 2.63. The summed E-state index contributed by atoms with van der Waals surface area (Å²) < 4.78 is 0. The van der Waals surface area contributed by atoms with Crippen molar-refractivity contribution in [1.29, 1.82) is 0 Å². The Bertz CT molecular complexity index is 578. The number of aromatic nitrogens is 1. The molecule has 0 aliphatic carbocycles. The van der Waals surface area contributed by atoms with Crippen molar-refractivity contribution in [3.05, 3.63) is 48.7 Å².